The monoisotopic (exact) mass is 506 g/mol. The van der Waals surface area contributed by atoms with Gasteiger partial charge in [0, 0.05) is 5.56 Å². The fourth-order valence-corrected chi connectivity index (χ4v) is 4.92. The minimum absolute atomic E-state index is 0.147. The predicted octanol–water partition coefficient (Wildman–Crippen LogP) is 5.10. The molecule has 0 bridgehead atoms. The van der Waals surface area contributed by atoms with Crippen molar-refractivity contribution in [1.82, 2.24) is 5.32 Å². The molecule has 1 atom stereocenters. The van der Waals surface area contributed by atoms with Crippen LogP contribution in [0.5, 0.6) is 5.75 Å². The molecule has 10 heteroatoms. The molecule has 0 aliphatic heterocycles. The second kappa shape index (κ2) is 10.4. The molecule has 0 saturated carbocycles. The Kier molecular flexibility index (Phi) is 7.74. The number of carbonyl (C=O) groups excluding carboxylic acids is 1. The second-order valence-corrected chi connectivity index (χ2v) is 9.77. The SMILES string of the molecule is COc1ccccc1C(C)NC(=O)CN(c1cccc(C(F)(F)F)c1)S(=O)(=O)c1ccc(C)cc1. The van der Waals surface area contributed by atoms with E-state index in [2.05, 4.69) is 5.32 Å². The van der Waals surface area contributed by atoms with Crippen molar-refractivity contribution in [3.05, 3.63) is 89.5 Å². The van der Waals surface area contributed by atoms with E-state index in [4.69, 9.17) is 4.74 Å². The molecule has 0 fully saturated rings. The van der Waals surface area contributed by atoms with Crippen LogP contribution in [0.2, 0.25) is 0 Å². The average molecular weight is 507 g/mol. The fraction of sp³-hybridized carbons (Fsp3) is 0.240. The zero-order valence-corrected chi connectivity index (χ0v) is 20.2. The summed E-state index contributed by atoms with van der Waals surface area (Å²) < 4.78 is 72.9. The summed E-state index contributed by atoms with van der Waals surface area (Å²) in [4.78, 5) is 12.8. The van der Waals surface area contributed by atoms with E-state index in [1.54, 1.807) is 50.2 Å². The molecule has 186 valence electrons. The number of halogens is 3. The number of nitrogens with one attached hydrogen (secondary N) is 1. The highest BCUT2D eigenvalue weighted by atomic mass is 32.2. The number of carbonyl (C=O) groups is 1. The Morgan fingerprint density at radius 2 is 1.69 bits per heavy atom. The Hall–Kier alpha value is -3.53. The molecule has 1 N–H and O–H groups in total. The van der Waals surface area contributed by atoms with Gasteiger partial charge in [-0.05, 0) is 50.2 Å². The number of benzene rings is 3. The first-order chi connectivity index (χ1) is 16.4. The van der Waals surface area contributed by atoms with Crippen LogP contribution in [0.3, 0.4) is 0 Å². The summed E-state index contributed by atoms with van der Waals surface area (Å²) in [5, 5.41) is 2.70. The minimum atomic E-state index is -4.68. The number of amides is 1. The second-order valence-electron chi connectivity index (χ2n) is 7.90. The molecular formula is C25H25F3N2O4S. The van der Waals surface area contributed by atoms with Gasteiger partial charge in [0.1, 0.15) is 12.3 Å². The third-order valence-electron chi connectivity index (χ3n) is 5.34. The normalized spacial score (nSPS) is 12.6. The molecule has 0 spiro atoms. The number of hydrogen-bond acceptors (Lipinski definition) is 4. The van der Waals surface area contributed by atoms with Crippen molar-refractivity contribution in [2.45, 2.75) is 31.0 Å². The predicted molar refractivity (Wildman–Crippen MR) is 127 cm³/mol. The van der Waals surface area contributed by atoms with E-state index in [0.717, 1.165) is 17.7 Å². The van der Waals surface area contributed by atoms with E-state index in [1.807, 2.05) is 0 Å². The first-order valence-corrected chi connectivity index (χ1v) is 12.1. The molecule has 1 unspecified atom stereocenters. The number of rotatable bonds is 8. The molecule has 3 aromatic carbocycles. The van der Waals surface area contributed by atoms with Crippen molar-refractivity contribution < 1.29 is 31.1 Å². The van der Waals surface area contributed by atoms with Crippen LogP contribution in [0.15, 0.2) is 77.7 Å². The van der Waals surface area contributed by atoms with Crippen LogP contribution in [-0.2, 0) is 21.0 Å². The lowest BCUT2D eigenvalue weighted by Gasteiger charge is -2.26. The molecular weight excluding hydrogens is 481 g/mol. The van der Waals surface area contributed by atoms with Crippen LogP contribution in [0.1, 0.15) is 29.7 Å². The lowest BCUT2D eigenvalue weighted by atomic mass is 10.1. The van der Waals surface area contributed by atoms with Crippen LogP contribution in [-0.4, -0.2) is 28.0 Å². The topological polar surface area (TPSA) is 75.7 Å². The minimum Gasteiger partial charge on any atom is -0.496 e. The third kappa shape index (κ3) is 6.13. The summed E-state index contributed by atoms with van der Waals surface area (Å²) >= 11 is 0. The van der Waals surface area contributed by atoms with Gasteiger partial charge < -0.3 is 10.1 Å². The number of anilines is 1. The van der Waals surface area contributed by atoms with Gasteiger partial charge in [-0.1, -0.05) is 42.0 Å². The number of hydrogen-bond donors (Lipinski definition) is 1. The van der Waals surface area contributed by atoms with Gasteiger partial charge in [0.05, 0.1) is 29.3 Å². The number of ether oxygens (including phenoxy) is 1. The third-order valence-corrected chi connectivity index (χ3v) is 7.13. The van der Waals surface area contributed by atoms with Crippen LogP contribution in [0, 0.1) is 6.92 Å². The highest BCUT2D eigenvalue weighted by Crippen LogP contribution is 2.33. The van der Waals surface area contributed by atoms with E-state index in [-0.39, 0.29) is 10.6 Å². The molecule has 0 aliphatic rings. The number of aryl methyl sites for hydroxylation is 1. The van der Waals surface area contributed by atoms with Crippen molar-refractivity contribution in [1.29, 1.82) is 0 Å². The van der Waals surface area contributed by atoms with Crippen molar-refractivity contribution >= 4 is 21.6 Å². The van der Waals surface area contributed by atoms with Crippen LogP contribution < -0.4 is 14.4 Å². The van der Waals surface area contributed by atoms with Gasteiger partial charge >= 0.3 is 6.18 Å². The fourth-order valence-electron chi connectivity index (χ4n) is 3.51. The Balaban J connectivity index is 1.97. The molecule has 0 aromatic heterocycles. The Bertz CT molecular complexity index is 1290. The Labute approximate surface area is 202 Å². The molecule has 1 amide bonds. The molecule has 0 heterocycles. The Morgan fingerprint density at radius 3 is 2.31 bits per heavy atom. The molecule has 0 aliphatic carbocycles. The van der Waals surface area contributed by atoms with E-state index >= 15 is 0 Å². The van der Waals surface area contributed by atoms with Gasteiger partial charge in [-0.15, -0.1) is 0 Å². The first kappa shape index (κ1) is 26.1. The van der Waals surface area contributed by atoms with Gasteiger partial charge in [-0.3, -0.25) is 9.10 Å². The molecule has 3 rings (SSSR count). The standard InChI is InChI=1S/C25H25F3N2O4S/c1-17-11-13-21(14-12-17)35(32,33)30(20-8-6-7-19(15-20)25(26,27)28)16-24(31)29-18(2)22-9-4-5-10-23(22)34-3/h4-15,18H,16H2,1-3H3,(H,29,31). The van der Waals surface area contributed by atoms with Crippen molar-refractivity contribution in [2.75, 3.05) is 18.0 Å². The van der Waals surface area contributed by atoms with E-state index < -0.39 is 40.3 Å². The number of nitrogens with zero attached hydrogens (tertiary/aromatic N) is 1. The lowest BCUT2D eigenvalue weighted by Crippen LogP contribution is -2.41. The van der Waals surface area contributed by atoms with E-state index in [0.29, 0.717) is 21.7 Å². The summed E-state index contributed by atoms with van der Waals surface area (Å²) in [5.41, 5.74) is 0.163. The van der Waals surface area contributed by atoms with E-state index in [1.165, 1.54) is 25.3 Å². The van der Waals surface area contributed by atoms with Crippen LogP contribution in [0.25, 0.3) is 0 Å². The largest absolute Gasteiger partial charge is 0.496 e. The number of para-hydroxylation sites is 1. The van der Waals surface area contributed by atoms with Gasteiger partial charge in [-0.25, -0.2) is 8.42 Å². The smallest absolute Gasteiger partial charge is 0.416 e. The van der Waals surface area contributed by atoms with Crippen molar-refractivity contribution in [3.8, 4) is 5.75 Å². The number of methoxy groups -OCH3 is 1. The quantitative estimate of drug-likeness (QED) is 0.462. The summed E-state index contributed by atoms with van der Waals surface area (Å²) in [6.45, 7) is 2.74. The van der Waals surface area contributed by atoms with Gasteiger partial charge in [0.2, 0.25) is 5.91 Å². The maximum atomic E-state index is 13.4. The summed E-state index contributed by atoms with van der Waals surface area (Å²) in [6, 6.07) is 16.1. The maximum Gasteiger partial charge on any atom is 0.416 e. The molecule has 0 radical (unpaired) electrons. The highest BCUT2D eigenvalue weighted by molar-refractivity contribution is 7.92. The van der Waals surface area contributed by atoms with Gasteiger partial charge in [0.15, 0.2) is 0 Å². The summed E-state index contributed by atoms with van der Waals surface area (Å²) in [5.74, 6) is -0.168. The highest BCUT2D eigenvalue weighted by Gasteiger charge is 2.33. The maximum absolute atomic E-state index is 13.4. The van der Waals surface area contributed by atoms with Crippen molar-refractivity contribution in [2.24, 2.45) is 0 Å². The Morgan fingerprint density at radius 1 is 1.03 bits per heavy atom. The number of alkyl halides is 3. The number of sulfonamides is 1. The zero-order valence-electron chi connectivity index (χ0n) is 19.3. The molecule has 6 nitrogen and oxygen atoms in total. The lowest BCUT2D eigenvalue weighted by molar-refractivity contribution is -0.137. The van der Waals surface area contributed by atoms with Crippen LogP contribution >= 0.6 is 0 Å². The molecule has 3 aromatic rings. The van der Waals surface area contributed by atoms with Gasteiger partial charge in [-0.2, -0.15) is 13.2 Å². The van der Waals surface area contributed by atoms with E-state index in [9.17, 15) is 26.4 Å². The summed E-state index contributed by atoms with van der Waals surface area (Å²) in [6.07, 6.45) is -4.68. The first-order valence-electron chi connectivity index (χ1n) is 10.6. The zero-order chi connectivity index (χ0) is 25.8. The average Bonchev–Trinajstić information content (AvgIpc) is 2.82. The summed E-state index contributed by atoms with van der Waals surface area (Å²) in [7, 11) is -2.88. The molecule has 35 heavy (non-hydrogen) atoms. The van der Waals surface area contributed by atoms with Gasteiger partial charge in [0.25, 0.3) is 10.0 Å². The van der Waals surface area contributed by atoms with Crippen molar-refractivity contribution in [3.63, 3.8) is 0 Å². The molecule has 0 saturated heterocycles. The van der Waals surface area contributed by atoms with Crippen LogP contribution in [0.4, 0.5) is 18.9 Å².